The lowest BCUT2D eigenvalue weighted by molar-refractivity contribution is -0.0165. The Morgan fingerprint density at radius 3 is 2.47 bits per heavy atom. The van der Waals surface area contributed by atoms with Crippen molar-refractivity contribution in [2.45, 2.75) is 83.9 Å². The Labute approximate surface area is 182 Å². The van der Waals surface area contributed by atoms with Crippen LogP contribution in [0.4, 0.5) is 4.79 Å². The van der Waals surface area contributed by atoms with E-state index in [1.165, 1.54) is 24.8 Å². The van der Waals surface area contributed by atoms with Gasteiger partial charge in [-0.25, -0.2) is 4.79 Å². The van der Waals surface area contributed by atoms with Crippen molar-refractivity contribution in [1.29, 1.82) is 0 Å². The molecule has 1 N–H and O–H groups in total. The van der Waals surface area contributed by atoms with Crippen molar-refractivity contribution in [2.75, 3.05) is 13.1 Å². The molecule has 1 saturated heterocycles. The highest BCUT2D eigenvalue weighted by atomic mass is 16.6. The monoisotopic (exact) mass is 410 g/mol. The Morgan fingerprint density at radius 2 is 1.87 bits per heavy atom. The fraction of sp³-hybridized carbons (Fsp3) is 0.654. The predicted molar refractivity (Wildman–Crippen MR) is 122 cm³/mol. The van der Waals surface area contributed by atoms with Crippen molar-refractivity contribution in [3.63, 3.8) is 0 Å². The van der Waals surface area contributed by atoms with E-state index in [2.05, 4.69) is 48.6 Å². The first-order valence-corrected chi connectivity index (χ1v) is 11.8. The lowest BCUT2D eigenvalue weighted by Crippen LogP contribution is -2.55. The molecular weight excluding hydrogens is 372 g/mol. The lowest BCUT2D eigenvalue weighted by Gasteiger charge is -2.52. The van der Waals surface area contributed by atoms with E-state index in [9.17, 15) is 4.79 Å². The van der Waals surface area contributed by atoms with Crippen molar-refractivity contribution >= 4 is 12.2 Å². The first kappa shape index (κ1) is 21.4. The molecule has 2 aliphatic carbocycles. The topological polar surface area (TPSA) is 41.6 Å². The van der Waals surface area contributed by atoms with E-state index in [0.717, 1.165) is 32.4 Å². The standard InChI is InChI=1S/C26H38N2O2/c1-5-20(15-19-9-7-6-8-10-19)22-16-23(22)27-21-17-26(18-21)11-13-28(14-12-26)24(29)30-25(2,3)4/h6-10,15,21-23,27H,5,11-14,16-18H2,1-4H3/b20-15+/t22?,23-/m1/s1. The summed E-state index contributed by atoms with van der Waals surface area (Å²) in [5, 5.41) is 3.93. The van der Waals surface area contributed by atoms with Crippen LogP contribution in [0, 0.1) is 11.3 Å². The molecule has 1 heterocycles. The molecule has 0 bridgehead atoms. The SMILES string of the molecule is CC/C(=C\c1ccccc1)C1C[C@H]1NC1CC2(CCN(C(=O)OC(C)(C)C)CC2)C1. The number of hydrogen-bond acceptors (Lipinski definition) is 3. The molecule has 30 heavy (non-hydrogen) atoms. The molecule has 2 saturated carbocycles. The number of piperidine rings is 1. The van der Waals surface area contributed by atoms with E-state index in [4.69, 9.17) is 4.74 Å². The van der Waals surface area contributed by atoms with Crippen molar-refractivity contribution in [2.24, 2.45) is 11.3 Å². The molecule has 1 aromatic carbocycles. The summed E-state index contributed by atoms with van der Waals surface area (Å²) < 4.78 is 5.54. The quantitative estimate of drug-likeness (QED) is 0.683. The van der Waals surface area contributed by atoms with E-state index < -0.39 is 5.60 Å². The Hall–Kier alpha value is -1.81. The van der Waals surface area contributed by atoms with Gasteiger partial charge in [0.2, 0.25) is 0 Å². The molecule has 0 aromatic heterocycles. The maximum absolute atomic E-state index is 12.3. The number of benzene rings is 1. The molecule has 4 heteroatoms. The van der Waals surface area contributed by atoms with Gasteiger partial charge in [0, 0.05) is 25.2 Å². The third-order valence-electron chi connectivity index (χ3n) is 7.11. The van der Waals surface area contributed by atoms with Gasteiger partial charge in [0.05, 0.1) is 0 Å². The second kappa shape index (κ2) is 8.37. The van der Waals surface area contributed by atoms with Crippen LogP contribution in [0.5, 0.6) is 0 Å². The Balaban J connectivity index is 1.21. The van der Waals surface area contributed by atoms with Gasteiger partial charge in [0.25, 0.3) is 0 Å². The highest BCUT2D eigenvalue weighted by Crippen LogP contribution is 2.51. The molecule has 3 fully saturated rings. The summed E-state index contributed by atoms with van der Waals surface area (Å²) in [7, 11) is 0. The summed E-state index contributed by atoms with van der Waals surface area (Å²) in [5.74, 6) is 0.709. The summed E-state index contributed by atoms with van der Waals surface area (Å²) in [6.07, 6.45) is 9.42. The molecule has 164 valence electrons. The van der Waals surface area contributed by atoms with Crippen LogP contribution in [0.1, 0.15) is 71.8 Å². The van der Waals surface area contributed by atoms with Crippen LogP contribution in [-0.2, 0) is 4.74 Å². The second-order valence-corrected chi connectivity index (χ2v) is 10.7. The number of hydrogen-bond donors (Lipinski definition) is 1. The molecule has 1 aromatic rings. The van der Waals surface area contributed by atoms with Gasteiger partial charge in [-0.05, 0) is 76.2 Å². The zero-order valence-electron chi connectivity index (χ0n) is 19.1. The fourth-order valence-electron chi connectivity index (χ4n) is 5.33. The van der Waals surface area contributed by atoms with Crippen molar-refractivity contribution in [3.05, 3.63) is 41.5 Å². The number of amides is 1. The average molecular weight is 411 g/mol. The summed E-state index contributed by atoms with van der Waals surface area (Å²) in [5.41, 5.74) is 2.94. The number of nitrogens with one attached hydrogen (secondary N) is 1. The minimum atomic E-state index is -0.412. The summed E-state index contributed by atoms with van der Waals surface area (Å²) in [6.45, 7) is 9.76. The molecular formula is C26H38N2O2. The first-order valence-electron chi connectivity index (χ1n) is 11.8. The number of rotatable bonds is 5. The zero-order chi connectivity index (χ0) is 21.4. The van der Waals surface area contributed by atoms with Crippen LogP contribution < -0.4 is 5.32 Å². The van der Waals surface area contributed by atoms with E-state index in [1.54, 1.807) is 5.57 Å². The third-order valence-corrected chi connectivity index (χ3v) is 7.11. The minimum absolute atomic E-state index is 0.149. The van der Waals surface area contributed by atoms with Gasteiger partial charge in [0.15, 0.2) is 0 Å². The maximum atomic E-state index is 12.3. The normalized spacial score (nSPS) is 26.4. The first-order chi connectivity index (χ1) is 14.3. The van der Waals surface area contributed by atoms with Gasteiger partial charge in [0.1, 0.15) is 5.60 Å². The summed E-state index contributed by atoms with van der Waals surface area (Å²) in [4.78, 5) is 14.2. The van der Waals surface area contributed by atoms with Gasteiger partial charge in [-0.15, -0.1) is 0 Å². The third kappa shape index (κ3) is 5.08. The van der Waals surface area contributed by atoms with Crippen molar-refractivity contribution < 1.29 is 9.53 Å². The van der Waals surface area contributed by atoms with Gasteiger partial charge in [-0.3, -0.25) is 0 Å². The smallest absolute Gasteiger partial charge is 0.410 e. The zero-order valence-corrected chi connectivity index (χ0v) is 19.1. The molecule has 0 radical (unpaired) electrons. The molecule has 1 amide bonds. The predicted octanol–water partition coefficient (Wildman–Crippen LogP) is 5.64. The molecule has 4 nitrogen and oxygen atoms in total. The second-order valence-electron chi connectivity index (χ2n) is 10.7. The fourth-order valence-corrected chi connectivity index (χ4v) is 5.33. The van der Waals surface area contributed by atoms with Crippen LogP contribution in [0.25, 0.3) is 6.08 Å². The molecule has 4 rings (SSSR count). The molecule has 3 aliphatic rings. The van der Waals surface area contributed by atoms with E-state index >= 15 is 0 Å². The van der Waals surface area contributed by atoms with Crippen molar-refractivity contribution in [3.8, 4) is 0 Å². The van der Waals surface area contributed by atoms with Gasteiger partial charge in [-0.2, -0.15) is 0 Å². The number of ether oxygens (including phenoxy) is 1. The van der Waals surface area contributed by atoms with Crippen LogP contribution in [-0.4, -0.2) is 41.8 Å². The molecule has 1 unspecified atom stereocenters. The number of carbonyl (C=O) groups excluding carboxylic acids is 1. The number of nitrogens with zero attached hydrogens (tertiary/aromatic N) is 1. The van der Waals surface area contributed by atoms with Crippen LogP contribution in [0.3, 0.4) is 0 Å². The molecule has 1 spiro atoms. The highest BCUT2D eigenvalue weighted by molar-refractivity contribution is 5.68. The maximum Gasteiger partial charge on any atom is 0.410 e. The number of likely N-dealkylation sites (tertiary alicyclic amines) is 1. The van der Waals surface area contributed by atoms with Crippen LogP contribution >= 0.6 is 0 Å². The van der Waals surface area contributed by atoms with Crippen LogP contribution in [0.2, 0.25) is 0 Å². The highest BCUT2D eigenvalue weighted by Gasteiger charge is 2.49. The van der Waals surface area contributed by atoms with Crippen LogP contribution in [0.15, 0.2) is 35.9 Å². The Kier molecular flexibility index (Phi) is 5.98. The van der Waals surface area contributed by atoms with Crippen molar-refractivity contribution in [1.82, 2.24) is 10.2 Å². The lowest BCUT2D eigenvalue weighted by atomic mass is 9.60. The van der Waals surface area contributed by atoms with E-state index in [1.807, 2.05) is 25.7 Å². The largest absolute Gasteiger partial charge is 0.444 e. The molecule has 1 aliphatic heterocycles. The van der Waals surface area contributed by atoms with Gasteiger partial charge in [-0.1, -0.05) is 48.9 Å². The van der Waals surface area contributed by atoms with E-state index in [-0.39, 0.29) is 6.09 Å². The Morgan fingerprint density at radius 1 is 1.20 bits per heavy atom. The van der Waals surface area contributed by atoms with Gasteiger partial charge >= 0.3 is 6.09 Å². The molecule has 2 atom stereocenters. The average Bonchev–Trinajstić information content (AvgIpc) is 3.44. The number of carbonyl (C=O) groups is 1. The summed E-state index contributed by atoms with van der Waals surface area (Å²) in [6, 6.07) is 12.0. The minimum Gasteiger partial charge on any atom is -0.444 e. The van der Waals surface area contributed by atoms with E-state index in [0.29, 0.717) is 23.4 Å². The van der Waals surface area contributed by atoms with Gasteiger partial charge < -0.3 is 15.0 Å². The summed E-state index contributed by atoms with van der Waals surface area (Å²) >= 11 is 0. The Bertz CT molecular complexity index is 764.